The summed E-state index contributed by atoms with van der Waals surface area (Å²) in [7, 11) is 0. The van der Waals surface area contributed by atoms with E-state index in [1.54, 1.807) is 28.7 Å². The largest absolute Gasteiger partial charge is 0.484 e. The lowest BCUT2D eigenvalue weighted by Crippen LogP contribution is -2.30. The van der Waals surface area contributed by atoms with Gasteiger partial charge in [0.2, 0.25) is 0 Å². The van der Waals surface area contributed by atoms with Crippen molar-refractivity contribution in [3.05, 3.63) is 65.6 Å². The number of aromatic nitrogens is 2. The van der Waals surface area contributed by atoms with E-state index in [-0.39, 0.29) is 12.1 Å². The van der Waals surface area contributed by atoms with Gasteiger partial charge < -0.3 is 15.8 Å². The number of hydrogen-bond donors (Lipinski definition) is 2. The van der Waals surface area contributed by atoms with Gasteiger partial charge in [0.1, 0.15) is 29.0 Å². The molecule has 1 aromatic carbocycles. The molecule has 0 radical (unpaired) electrons. The fourth-order valence-electron chi connectivity index (χ4n) is 4.36. The Morgan fingerprint density at radius 3 is 2.85 bits per heavy atom. The predicted octanol–water partition coefficient (Wildman–Crippen LogP) is 4.58. The number of nitrogens with zero attached hydrogens (tertiary/aromatic N) is 4. The van der Waals surface area contributed by atoms with Crippen LogP contribution in [0.15, 0.2) is 58.8 Å². The number of ether oxygens (including phenoxy) is 1. The van der Waals surface area contributed by atoms with Crippen LogP contribution >= 0.6 is 11.8 Å². The summed E-state index contributed by atoms with van der Waals surface area (Å²) in [4.78, 5) is 6.10. The Morgan fingerprint density at radius 1 is 1.38 bits per heavy atom. The van der Waals surface area contributed by atoms with Crippen molar-refractivity contribution in [2.24, 2.45) is 10.7 Å². The van der Waals surface area contributed by atoms with Crippen molar-refractivity contribution in [1.82, 2.24) is 14.9 Å². The number of nitrogens with two attached hydrogens (primary N) is 1. The molecule has 4 rings (SSSR count). The van der Waals surface area contributed by atoms with Crippen LogP contribution in [0.2, 0.25) is 0 Å². The normalized spacial score (nSPS) is 16.4. The third kappa shape index (κ3) is 4.96. The summed E-state index contributed by atoms with van der Waals surface area (Å²) in [6.45, 7) is 5.97. The molecule has 7 nitrogen and oxygen atoms in total. The van der Waals surface area contributed by atoms with E-state index >= 15 is 0 Å². The highest BCUT2D eigenvalue weighted by Gasteiger charge is 2.20. The van der Waals surface area contributed by atoms with E-state index in [1.807, 2.05) is 38.2 Å². The quantitative estimate of drug-likeness (QED) is 0.384. The van der Waals surface area contributed by atoms with Crippen LogP contribution in [0.3, 0.4) is 0 Å². The average molecular weight is 475 g/mol. The maximum Gasteiger partial charge on any atom is 0.147 e. The number of thioether (sulfide) groups is 1. The number of aliphatic imine (C=N–C) groups is 1. The fourth-order valence-corrected chi connectivity index (χ4v) is 5.05. The van der Waals surface area contributed by atoms with Crippen molar-refractivity contribution in [3.8, 4) is 11.8 Å². The van der Waals surface area contributed by atoms with E-state index in [2.05, 4.69) is 34.9 Å². The molecule has 1 saturated heterocycles. The second kappa shape index (κ2) is 10.8. The third-order valence-corrected chi connectivity index (χ3v) is 6.94. The summed E-state index contributed by atoms with van der Waals surface area (Å²) >= 11 is 1.68. The summed E-state index contributed by atoms with van der Waals surface area (Å²) in [5.41, 5.74) is 10.8. The van der Waals surface area contributed by atoms with Crippen molar-refractivity contribution in [2.45, 2.75) is 43.7 Å². The number of piperidine rings is 1. The molecule has 0 saturated carbocycles. The monoisotopic (exact) mass is 474 g/mol. The molecule has 1 aliphatic heterocycles. The van der Waals surface area contributed by atoms with Crippen molar-refractivity contribution in [3.63, 3.8) is 0 Å². The Morgan fingerprint density at radius 2 is 2.15 bits per heavy atom. The minimum atomic E-state index is -0.223. The SMILES string of the molecule is CSc1ccccc1C(C)Oc1cc(/C(=C/N)C(C)=NC2CCNCC2)cn2ncc(C#N)c12. The number of rotatable bonds is 7. The topological polar surface area (TPSA) is 101 Å². The Balaban J connectivity index is 1.75. The Kier molecular flexibility index (Phi) is 7.56. The first kappa shape index (κ1) is 23.9. The van der Waals surface area contributed by atoms with Crippen LogP contribution in [0.1, 0.15) is 49.5 Å². The lowest BCUT2D eigenvalue weighted by Gasteiger charge is -2.21. The molecule has 3 aromatic rings. The molecule has 1 atom stereocenters. The summed E-state index contributed by atoms with van der Waals surface area (Å²) < 4.78 is 8.17. The van der Waals surface area contributed by atoms with Crippen LogP contribution in [-0.4, -0.2) is 40.7 Å². The molecule has 1 aliphatic rings. The number of nitrogens with one attached hydrogen (secondary N) is 1. The van der Waals surface area contributed by atoms with Crippen LogP contribution in [0.25, 0.3) is 11.1 Å². The van der Waals surface area contributed by atoms with Crippen LogP contribution in [0.4, 0.5) is 0 Å². The Bertz CT molecular complexity index is 1270. The van der Waals surface area contributed by atoms with E-state index in [0.717, 1.165) is 53.2 Å². The number of benzene rings is 1. The van der Waals surface area contributed by atoms with Gasteiger partial charge in [0.25, 0.3) is 0 Å². The number of pyridine rings is 1. The predicted molar refractivity (Wildman–Crippen MR) is 138 cm³/mol. The number of fused-ring (bicyclic) bond motifs is 1. The summed E-state index contributed by atoms with van der Waals surface area (Å²) in [6, 6.07) is 12.6. The summed E-state index contributed by atoms with van der Waals surface area (Å²) in [6.07, 6.45) is 8.89. The summed E-state index contributed by atoms with van der Waals surface area (Å²) in [5, 5.41) is 17.4. The first-order valence-electron chi connectivity index (χ1n) is 11.4. The second-order valence-electron chi connectivity index (χ2n) is 8.33. The molecule has 2 aromatic heterocycles. The van der Waals surface area contributed by atoms with Gasteiger partial charge in [-0.15, -0.1) is 11.8 Å². The van der Waals surface area contributed by atoms with E-state index in [1.165, 1.54) is 0 Å². The van der Waals surface area contributed by atoms with Gasteiger partial charge in [0, 0.05) is 39.7 Å². The van der Waals surface area contributed by atoms with Crippen molar-refractivity contribution >= 4 is 28.6 Å². The van der Waals surface area contributed by atoms with Gasteiger partial charge in [-0.2, -0.15) is 10.4 Å². The molecule has 1 fully saturated rings. The first-order chi connectivity index (χ1) is 16.5. The summed E-state index contributed by atoms with van der Waals surface area (Å²) in [5.74, 6) is 0.587. The van der Waals surface area contributed by atoms with E-state index in [9.17, 15) is 5.26 Å². The molecular formula is C26H30N6OS. The van der Waals surface area contributed by atoms with Crippen LogP contribution in [0, 0.1) is 11.3 Å². The van der Waals surface area contributed by atoms with Gasteiger partial charge in [-0.3, -0.25) is 4.99 Å². The molecule has 0 aliphatic carbocycles. The van der Waals surface area contributed by atoms with Gasteiger partial charge in [-0.1, -0.05) is 18.2 Å². The van der Waals surface area contributed by atoms with E-state index < -0.39 is 0 Å². The van der Waals surface area contributed by atoms with E-state index in [4.69, 9.17) is 15.5 Å². The lowest BCUT2D eigenvalue weighted by molar-refractivity contribution is 0.226. The number of nitriles is 1. The zero-order chi connectivity index (χ0) is 24.1. The van der Waals surface area contributed by atoms with Gasteiger partial charge in [0.05, 0.1) is 12.2 Å². The molecule has 0 amide bonds. The van der Waals surface area contributed by atoms with Gasteiger partial charge >= 0.3 is 0 Å². The van der Waals surface area contributed by atoms with Crippen molar-refractivity contribution in [1.29, 1.82) is 5.26 Å². The zero-order valence-corrected chi connectivity index (χ0v) is 20.6. The highest BCUT2D eigenvalue weighted by Crippen LogP contribution is 2.34. The highest BCUT2D eigenvalue weighted by molar-refractivity contribution is 7.98. The van der Waals surface area contributed by atoms with Crippen LogP contribution in [0.5, 0.6) is 5.75 Å². The molecule has 0 spiro atoms. The molecule has 3 heterocycles. The van der Waals surface area contributed by atoms with Crippen molar-refractivity contribution in [2.75, 3.05) is 19.3 Å². The Labute approximate surface area is 204 Å². The molecular weight excluding hydrogens is 444 g/mol. The van der Waals surface area contributed by atoms with Gasteiger partial charge in [-0.25, -0.2) is 4.52 Å². The fraction of sp³-hybridized carbons (Fsp3) is 0.346. The molecule has 3 N–H and O–H groups in total. The standard InChI is InChI=1S/C26H30N6OS/c1-17(31-21-8-10-29-11-9-21)23(14-28)19-12-24(26-20(13-27)15-30-32(26)16-19)33-18(2)22-6-4-5-7-25(22)34-3/h4-7,12,14-16,18,21,29H,8-11,28H2,1-3H3/b23-14+,31-17?. The minimum absolute atomic E-state index is 0.223. The smallest absolute Gasteiger partial charge is 0.147 e. The molecule has 176 valence electrons. The zero-order valence-electron chi connectivity index (χ0n) is 19.8. The lowest BCUT2D eigenvalue weighted by atomic mass is 10.0. The van der Waals surface area contributed by atoms with Crippen LogP contribution in [-0.2, 0) is 0 Å². The molecule has 34 heavy (non-hydrogen) atoms. The van der Waals surface area contributed by atoms with Gasteiger partial charge in [-0.05, 0) is 58.2 Å². The highest BCUT2D eigenvalue weighted by atomic mass is 32.2. The average Bonchev–Trinajstić information content (AvgIpc) is 3.28. The minimum Gasteiger partial charge on any atom is -0.484 e. The third-order valence-electron chi connectivity index (χ3n) is 6.13. The molecule has 0 bridgehead atoms. The number of hydrogen-bond acceptors (Lipinski definition) is 7. The van der Waals surface area contributed by atoms with Crippen molar-refractivity contribution < 1.29 is 4.74 Å². The first-order valence-corrected chi connectivity index (χ1v) is 12.7. The Hall–Kier alpha value is -3.28. The van der Waals surface area contributed by atoms with E-state index in [0.29, 0.717) is 16.8 Å². The van der Waals surface area contributed by atoms with Gasteiger partial charge in [0.15, 0.2) is 0 Å². The number of allylic oxidation sites excluding steroid dienone is 1. The molecule has 8 heteroatoms. The molecule has 1 unspecified atom stereocenters. The van der Waals surface area contributed by atoms with Crippen LogP contribution < -0.4 is 15.8 Å². The second-order valence-corrected chi connectivity index (χ2v) is 9.18. The maximum absolute atomic E-state index is 9.66. The maximum atomic E-state index is 9.66.